The Hall–Kier alpha value is -2.62. The number of nitrogen functional groups attached to an aromatic ring is 1. The van der Waals surface area contributed by atoms with Gasteiger partial charge in [-0.25, -0.2) is 0 Å². The molecule has 3 aromatic rings. The molecular formula is C16H16N4. The maximum Gasteiger partial charge on any atom is 0.0950 e. The van der Waals surface area contributed by atoms with Gasteiger partial charge in [-0.3, -0.25) is 0 Å². The van der Waals surface area contributed by atoms with Crippen LogP contribution in [0.3, 0.4) is 0 Å². The van der Waals surface area contributed by atoms with Crippen molar-refractivity contribution in [2.45, 2.75) is 6.54 Å². The van der Waals surface area contributed by atoms with Crippen molar-refractivity contribution < 1.29 is 0 Å². The number of fused-ring (bicyclic) bond motifs is 1. The highest BCUT2D eigenvalue weighted by Crippen LogP contribution is 2.25. The fourth-order valence-electron chi connectivity index (χ4n) is 2.32. The van der Waals surface area contributed by atoms with Crippen molar-refractivity contribution in [1.29, 1.82) is 0 Å². The highest BCUT2D eigenvalue weighted by atomic mass is 15.1. The zero-order valence-corrected chi connectivity index (χ0v) is 11.3. The first-order valence-electron chi connectivity index (χ1n) is 6.50. The van der Waals surface area contributed by atoms with Gasteiger partial charge in [0.25, 0.3) is 0 Å². The van der Waals surface area contributed by atoms with Crippen LogP contribution in [0.4, 0.5) is 11.4 Å². The number of anilines is 2. The Labute approximate surface area is 117 Å². The second-order valence-electron chi connectivity index (χ2n) is 4.80. The molecule has 4 nitrogen and oxygen atoms in total. The predicted octanol–water partition coefficient (Wildman–Crippen LogP) is 2.85. The van der Waals surface area contributed by atoms with E-state index in [0.717, 1.165) is 34.4 Å². The molecule has 0 amide bonds. The normalized spacial score (nSPS) is 10.7. The zero-order chi connectivity index (χ0) is 13.9. The number of aromatic nitrogens is 2. The van der Waals surface area contributed by atoms with Gasteiger partial charge in [-0.2, -0.15) is 10.2 Å². The molecule has 0 unspecified atom stereocenters. The summed E-state index contributed by atoms with van der Waals surface area (Å²) in [7, 11) is 2.04. The van der Waals surface area contributed by atoms with E-state index in [1.165, 1.54) is 0 Å². The van der Waals surface area contributed by atoms with Crippen LogP contribution in [0.1, 0.15) is 5.56 Å². The van der Waals surface area contributed by atoms with Crippen LogP contribution < -0.4 is 10.6 Å². The number of rotatable bonds is 3. The molecule has 0 saturated carbocycles. The van der Waals surface area contributed by atoms with Gasteiger partial charge in [-0.05, 0) is 17.7 Å². The maximum atomic E-state index is 6.00. The predicted molar refractivity (Wildman–Crippen MR) is 82.5 cm³/mol. The van der Waals surface area contributed by atoms with Gasteiger partial charge in [0.15, 0.2) is 0 Å². The lowest BCUT2D eigenvalue weighted by Crippen LogP contribution is -2.18. The second kappa shape index (κ2) is 5.17. The summed E-state index contributed by atoms with van der Waals surface area (Å²) in [6.45, 7) is 0.738. The number of para-hydroxylation sites is 1. The maximum absolute atomic E-state index is 6.00. The Balaban J connectivity index is 1.97. The molecule has 0 atom stereocenters. The van der Waals surface area contributed by atoms with E-state index in [9.17, 15) is 0 Å². The Kier molecular flexibility index (Phi) is 3.21. The minimum absolute atomic E-state index is 0.738. The molecule has 0 radical (unpaired) electrons. The largest absolute Gasteiger partial charge is 0.398 e. The van der Waals surface area contributed by atoms with E-state index >= 15 is 0 Å². The van der Waals surface area contributed by atoms with E-state index in [1.807, 2.05) is 49.5 Å². The van der Waals surface area contributed by atoms with Gasteiger partial charge in [0.2, 0.25) is 0 Å². The Morgan fingerprint density at radius 2 is 1.80 bits per heavy atom. The van der Waals surface area contributed by atoms with Crippen molar-refractivity contribution in [3.05, 3.63) is 60.3 Å². The van der Waals surface area contributed by atoms with Crippen molar-refractivity contribution >= 4 is 22.3 Å². The Morgan fingerprint density at radius 3 is 2.65 bits per heavy atom. The molecule has 0 fully saturated rings. The topological polar surface area (TPSA) is 55.0 Å². The summed E-state index contributed by atoms with van der Waals surface area (Å²) in [4.78, 5) is 2.14. The van der Waals surface area contributed by atoms with Crippen molar-refractivity contribution in [2.24, 2.45) is 0 Å². The van der Waals surface area contributed by atoms with Gasteiger partial charge in [0, 0.05) is 24.7 Å². The summed E-state index contributed by atoms with van der Waals surface area (Å²) in [5.74, 6) is 0. The molecular weight excluding hydrogens is 248 g/mol. The Bertz CT molecular complexity index is 734. The van der Waals surface area contributed by atoms with Gasteiger partial charge in [0.1, 0.15) is 0 Å². The molecule has 100 valence electrons. The molecule has 1 aromatic heterocycles. The number of hydrogen-bond donors (Lipinski definition) is 1. The van der Waals surface area contributed by atoms with Crippen LogP contribution in [0, 0.1) is 0 Å². The van der Waals surface area contributed by atoms with E-state index in [-0.39, 0.29) is 0 Å². The van der Waals surface area contributed by atoms with Gasteiger partial charge >= 0.3 is 0 Å². The zero-order valence-electron chi connectivity index (χ0n) is 11.3. The summed E-state index contributed by atoms with van der Waals surface area (Å²) in [6, 6.07) is 15.9. The number of nitrogens with two attached hydrogens (primary N) is 1. The van der Waals surface area contributed by atoms with Gasteiger partial charge in [-0.1, -0.05) is 36.4 Å². The fourth-order valence-corrected chi connectivity index (χ4v) is 2.32. The van der Waals surface area contributed by atoms with Gasteiger partial charge in [0.05, 0.1) is 17.4 Å². The number of nitrogens with zero attached hydrogens (tertiary/aromatic N) is 3. The molecule has 20 heavy (non-hydrogen) atoms. The minimum atomic E-state index is 0.738. The quantitative estimate of drug-likeness (QED) is 0.739. The second-order valence-corrected chi connectivity index (χ2v) is 4.80. The van der Waals surface area contributed by atoms with E-state index in [1.54, 1.807) is 6.20 Å². The van der Waals surface area contributed by atoms with Crippen LogP contribution in [-0.2, 0) is 6.54 Å². The van der Waals surface area contributed by atoms with Gasteiger partial charge < -0.3 is 10.6 Å². The summed E-state index contributed by atoms with van der Waals surface area (Å²) in [5, 5.41) is 9.32. The third-order valence-electron chi connectivity index (χ3n) is 3.40. The lowest BCUT2D eigenvalue weighted by Gasteiger charge is -2.21. The fraction of sp³-hybridized carbons (Fsp3) is 0.125. The van der Waals surface area contributed by atoms with Crippen molar-refractivity contribution in [2.75, 3.05) is 17.7 Å². The molecule has 0 aliphatic rings. The molecule has 0 aliphatic carbocycles. The highest BCUT2D eigenvalue weighted by Gasteiger charge is 2.09. The molecule has 4 heteroatoms. The van der Waals surface area contributed by atoms with Crippen molar-refractivity contribution in [3.63, 3.8) is 0 Å². The average Bonchev–Trinajstić information content (AvgIpc) is 2.49. The monoisotopic (exact) mass is 264 g/mol. The lowest BCUT2D eigenvalue weighted by molar-refractivity contribution is 0.917. The first-order valence-corrected chi connectivity index (χ1v) is 6.50. The third-order valence-corrected chi connectivity index (χ3v) is 3.40. The standard InChI is InChI=1S/C16H16N4/c1-20(11-12-6-2-4-8-14(12)17)16-10-18-19-15-9-5-3-7-13(15)16/h2-10H,11,17H2,1H3. The van der Waals surface area contributed by atoms with Crippen LogP contribution >= 0.6 is 0 Å². The van der Waals surface area contributed by atoms with Crippen LogP contribution in [0.5, 0.6) is 0 Å². The minimum Gasteiger partial charge on any atom is -0.398 e. The van der Waals surface area contributed by atoms with Crippen molar-refractivity contribution in [1.82, 2.24) is 10.2 Å². The first-order chi connectivity index (χ1) is 9.75. The molecule has 3 rings (SSSR count). The highest BCUT2D eigenvalue weighted by molar-refractivity contribution is 5.90. The van der Waals surface area contributed by atoms with Gasteiger partial charge in [-0.15, -0.1) is 0 Å². The average molecular weight is 264 g/mol. The summed E-state index contributed by atoms with van der Waals surface area (Å²) >= 11 is 0. The molecule has 0 saturated heterocycles. The number of benzene rings is 2. The first kappa shape index (κ1) is 12.4. The van der Waals surface area contributed by atoms with E-state index in [4.69, 9.17) is 5.73 Å². The van der Waals surface area contributed by atoms with E-state index < -0.39 is 0 Å². The van der Waals surface area contributed by atoms with Crippen molar-refractivity contribution in [3.8, 4) is 0 Å². The van der Waals surface area contributed by atoms with Crippen LogP contribution in [0.15, 0.2) is 54.7 Å². The van der Waals surface area contributed by atoms with Crippen LogP contribution in [0.25, 0.3) is 10.9 Å². The lowest BCUT2D eigenvalue weighted by atomic mass is 10.1. The molecule has 2 aromatic carbocycles. The molecule has 0 spiro atoms. The molecule has 2 N–H and O–H groups in total. The van der Waals surface area contributed by atoms with E-state index in [0.29, 0.717) is 0 Å². The smallest absolute Gasteiger partial charge is 0.0950 e. The molecule has 0 bridgehead atoms. The summed E-state index contributed by atoms with van der Waals surface area (Å²) < 4.78 is 0. The third kappa shape index (κ3) is 2.28. The van der Waals surface area contributed by atoms with E-state index in [2.05, 4.69) is 21.2 Å². The number of hydrogen-bond acceptors (Lipinski definition) is 4. The summed E-state index contributed by atoms with van der Waals surface area (Å²) in [6.07, 6.45) is 1.79. The molecule has 1 heterocycles. The molecule has 0 aliphatic heterocycles. The summed E-state index contributed by atoms with van der Waals surface area (Å²) in [5.41, 5.74) is 9.88. The SMILES string of the molecule is CN(Cc1ccccc1N)c1cnnc2ccccc12. The van der Waals surface area contributed by atoms with Crippen LogP contribution in [-0.4, -0.2) is 17.2 Å². The Morgan fingerprint density at radius 1 is 1.05 bits per heavy atom. The van der Waals surface area contributed by atoms with Crippen LogP contribution in [0.2, 0.25) is 0 Å².